The van der Waals surface area contributed by atoms with E-state index in [1.165, 1.54) is 60.7 Å². The van der Waals surface area contributed by atoms with Gasteiger partial charge in [0, 0.05) is 10.6 Å². The second-order valence-corrected chi connectivity index (χ2v) is 9.90. The van der Waals surface area contributed by atoms with Crippen molar-refractivity contribution in [1.82, 2.24) is 4.90 Å². The Labute approximate surface area is 198 Å². The lowest BCUT2D eigenvalue weighted by Crippen LogP contribution is -2.27. The maximum Gasteiger partial charge on any atom is 0.339 e. The summed E-state index contributed by atoms with van der Waals surface area (Å²) in [5, 5.41) is -0.132. The predicted octanol–water partition coefficient (Wildman–Crippen LogP) is 5.48. The molecule has 0 bridgehead atoms. The molecule has 0 aromatic heterocycles. The summed E-state index contributed by atoms with van der Waals surface area (Å²) in [4.78, 5) is 26.1. The first-order valence-electron chi connectivity index (χ1n) is 9.52. The highest BCUT2D eigenvalue weighted by molar-refractivity contribution is 8.18. The Morgan fingerprint density at radius 2 is 1.73 bits per heavy atom. The third-order valence-electron chi connectivity index (χ3n) is 4.62. The molecule has 0 saturated carbocycles. The highest BCUT2D eigenvalue weighted by Crippen LogP contribution is 2.34. The van der Waals surface area contributed by atoms with Crippen molar-refractivity contribution in [2.45, 2.75) is 11.4 Å². The third kappa shape index (κ3) is 5.27. The van der Waals surface area contributed by atoms with E-state index >= 15 is 0 Å². The minimum absolute atomic E-state index is 0.0317. The molecule has 1 fully saturated rings. The number of thioether (sulfide) groups is 1. The van der Waals surface area contributed by atoms with Gasteiger partial charge in [-0.25, -0.2) is 4.39 Å². The van der Waals surface area contributed by atoms with Crippen LogP contribution in [0.3, 0.4) is 0 Å². The summed E-state index contributed by atoms with van der Waals surface area (Å²) < 4.78 is 44.1. The quantitative estimate of drug-likeness (QED) is 0.327. The van der Waals surface area contributed by atoms with Crippen molar-refractivity contribution < 1.29 is 26.6 Å². The van der Waals surface area contributed by atoms with Crippen LogP contribution in [0, 0.1) is 5.82 Å². The van der Waals surface area contributed by atoms with E-state index in [0.29, 0.717) is 10.6 Å². The first kappa shape index (κ1) is 23.0. The van der Waals surface area contributed by atoms with Crippen LogP contribution in [-0.4, -0.2) is 24.5 Å². The average Bonchev–Trinajstić information content (AvgIpc) is 3.03. The second kappa shape index (κ2) is 9.38. The normalized spacial score (nSPS) is 15.3. The van der Waals surface area contributed by atoms with Crippen LogP contribution in [-0.2, 0) is 21.5 Å². The zero-order valence-corrected chi connectivity index (χ0v) is 19.2. The van der Waals surface area contributed by atoms with Crippen LogP contribution in [0.15, 0.2) is 82.6 Å². The van der Waals surface area contributed by atoms with E-state index in [2.05, 4.69) is 0 Å². The molecular weight excluding hydrogens is 489 g/mol. The lowest BCUT2D eigenvalue weighted by molar-refractivity contribution is -0.123. The summed E-state index contributed by atoms with van der Waals surface area (Å²) in [6.45, 7) is -0.183. The van der Waals surface area contributed by atoms with Crippen molar-refractivity contribution in [3.63, 3.8) is 0 Å². The van der Waals surface area contributed by atoms with Crippen LogP contribution in [0.25, 0.3) is 6.08 Å². The Morgan fingerprint density at radius 3 is 2.45 bits per heavy atom. The van der Waals surface area contributed by atoms with Gasteiger partial charge in [0.25, 0.3) is 11.1 Å². The van der Waals surface area contributed by atoms with E-state index in [9.17, 15) is 22.4 Å². The lowest BCUT2D eigenvalue weighted by atomic mass is 10.2. The number of halogens is 2. The van der Waals surface area contributed by atoms with Crippen LogP contribution in [0.4, 0.5) is 9.18 Å². The molecule has 0 N–H and O–H groups in total. The smallest absolute Gasteiger partial charge is 0.339 e. The van der Waals surface area contributed by atoms with Gasteiger partial charge in [-0.2, -0.15) is 8.42 Å². The van der Waals surface area contributed by atoms with Gasteiger partial charge in [-0.1, -0.05) is 41.9 Å². The van der Waals surface area contributed by atoms with Crippen molar-refractivity contribution in [1.29, 1.82) is 0 Å². The SMILES string of the molecule is O=C1S/C(=C\c2cccc(OS(=O)(=O)c3ccc(Cl)cc3)c2)C(=O)N1Cc1ccccc1F. The third-order valence-corrected chi connectivity index (χ3v) is 7.04. The fourth-order valence-electron chi connectivity index (χ4n) is 3.02. The van der Waals surface area contributed by atoms with Crippen LogP contribution in [0.2, 0.25) is 5.02 Å². The van der Waals surface area contributed by atoms with Gasteiger partial charge in [0.2, 0.25) is 0 Å². The molecule has 3 aromatic rings. The average molecular weight is 504 g/mol. The molecule has 0 spiro atoms. The molecule has 6 nitrogen and oxygen atoms in total. The standard InChI is InChI=1S/C23H15ClFNO5S2/c24-17-8-10-19(11-9-17)33(29,30)31-18-6-3-4-15(12-18)13-21-22(27)26(23(28)32-21)14-16-5-1-2-7-20(16)25/h1-13H,14H2/b21-13-. The molecule has 10 heteroatoms. The number of benzene rings is 3. The highest BCUT2D eigenvalue weighted by atomic mass is 35.5. The van der Waals surface area contributed by atoms with Crippen LogP contribution < -0.4 is 4.18 Å². The Morgan fingerprint density at radius 1 is 1.00 bits per heavy atom. The fraction of sp³-hybridized carbons (Fsp3) is 0.0435. The summed E-state index contributed by atoms with van der Waals surface area (Å²) in [6, 6.07) is 17.5. The number of hydrogen-bond acceptors (Lipinski definition) is 6. The van der Waals surface area contributed by atoms with Crippen molar-refractivity contribution >= 4 is 50.7 Å². The molecule has 0 unspecified atom stereocenters. The Bertz CT molecular complexity index is 1370. The summed E-state index contributed by atoms with van der Waals surface area (Å²) in [5.74, 6) is -1.04. The van der Waals surface area contributed by atoms with E-state index in [0.717, 1.165) is 16.7 Å². The first-order valence-corrected chi connectivity index (χ1v) is 12.1. The van der Waals surface area contributed by atoms with Crippen molar-refractivity contribution in [2.75, 3.05) is 0 Å². The van der Waals surface area contributed by atoms with E-state index in [1.54, 1.807) is 18.2 Å². The molecule has 3 aromatic carbocycles. The van der Waals surface area contributed by atoms with Crippen molar-refractivity contribution in [3.8, 4) is 5.75 Å². The molecule has 168 valence electrons. The van der Waals surface area contributed by atoms with Gasteiger partial charge < -0.3 is 4.18 Å². The molecule has 4 rings (SSSR count). The Hall–Kier alpha value is -3.14. The van der Waals surface area contributed by atoms with Gasteiger partial charge >= 0.3 is 10.1 Å². The minimum Gasteiger partial charge on any atom is -0.379 e. The summed E-state index contributed by atoms with van der Waals surface area (Å²) in [5.41, 5.74) is 0.680. The molecule has 2 amide bonds. The number of carbonyl (C=O) groups is 2. The maximum absolute atomic E-state index is 13.9. The maximum atomic E-state index is 13.9. The lowest BCUT2D eigenvalue weighted by Gasteiger charge is -2.12. The molecule has 0 atom stereocenters. The molecule has 1 saturated heterocycles. The molecule has 1 aliphatic rings. The number of rotatable bonds is 6. The molecule has 33 heavy (non-hydrogen) atoms. The first-order chi connectivity index (χ1) is 15.7. The zero-order chi connectivity index (χ0) is 23.6. The second-order valence-electron chi connectivity index (χ2n) is 6.92. The number of imide groups is 1. The van der Waals surface area contributed by atoms with E-state index in [1.807, 2.05) is 0 Å². The summed E-state index contributed by atoms with van der Waals surface area (Å²) in [7, 11) is -4.09. The highest BCUT2D eigenvalue weighted by Gasteiger charge is 2.35. The Balaban J connectivity index is 1.53. The van der Waals surface area contributed by atoms with E-state index in [-0.39, 0.29) is 27.7 Å². The van der Waals surface area contributed by atoms with Gasteiger partial charge in [-0.3, -0.25) is 14.5 Å². The molecule has 1 heterocycles. The van der Waals surface area contributed by atoms with Gasteiger partial charge in [0.15, 0.2) is 0 Å². The zero-order valence-electron chi connectivity index (χ0n) is 16.8. The van der Waals surface area contributed by atoms with Crippen LogP contribution >= 0.6 is 23.4 Å². The van der Waals surface area contributed by atoms with Gasteiger partial charge in [-0.05, 0) is 65.9 Å². The number of amides is 2. The van der Waals surface area contributed by atoms with Gasteiger partial charge in [0.1, 0.15) is 16.5 Å². The van der Waals surface area contributed by atoms with Gasteiger partial charge in [-0.15, -0.1) is 0 Å². The van der Waals surface area contributed by atoms with Gasteiger partial charge in [0.05, 0.1) is 11.4 Å². The van der Waals surface area contributed by atoms with Crippen LogP contribution in [0.5, 0.6) is 5.75 Å². The molecule has 1 aliphatic heterocycles. The minimum atomic E-state index is -4.09. The Kier molecular flexibility index (Phi) is 6.55. The van der Waals surface area contributed by atoms with Crippen molar-refractivity contribution in [3.05, 3.63) is 99.7 Å². The molecular formula is C23H15ClFNO5S2. The number of carbonyl (C=O) groups excluding carboxylic acids is 2. The topological polar surface area (TPSA) is 80.8 Å². The fourth-order valence-corrected chi connectivity index (χ4v) is 4.90. The monoisotopic (exact) mass is 503 g/mol. The molecule has 0 aliphatic carbocycles. The molecule has 0 radical (unpaired) electrons. The number of nitrogens with zero attached hydrogens (tertiary/aromatic N) is 1. The van der Waals surface area contributed by atoms with E-state index in [4.69, 9.17) is 15.8 Å². The van der Waals surface area contributed by atoms with E-state index < -0.39 is 27.1 Å². The summed E-state index contributed by atoms with van der Waals surface area (Å²) >= 11 is 6.51. The van der Waals surface area contributed by atoms with Crippen LogP contribution in [0.1, 0.15) is 11.1 Å². The predicted molar refractivity (Wildman–Crippen MR) is 124 cm³/mol. The largest absolute Gasteiger partial charge is 0.379 e. The summed E-state index contributed by atoms with van der Waals surface area (Å²) in [6.07, 6.45) is 1.45. The van der Waals surface area contributed by atoms with Crippen molar-refractivity contribution in [2.24, 2.45) is 0 Å². The number of hydrogen-bond donors (Lipinski definition) is 0.